The first-order chi connectivity index (χ1) is 15.1. The standard InChI is InChI=1S/C30H48O3.2H2O/c1-25(2)14-16-30(24(32)33)17-15-28(6)19(20(30)18-25)8-9-22-27(5)12-11-23(31)26(3,4)21(27)10-13-29(22,28)7;;/h8,20-23,31H,9-18H2,1-7H3,(H,32,33);2*1H2/t20-,21-,22+,23-,27-,28+,29+,30-;;/m0../s1. The number of aliphatic hydroxyl groups is 1. The molecule has 0 saturated heterocycles. The van der Waals surface area contributed by atoms with E-state index in [9.17, 15) is 15.0 Å². The van der Waals surface area contributed by atoms with Crippen LogP contribution < -0.4 is 0 Å². The molecule has 0 aromatic heterocycles. The molecule has 35 heavy (non-hydrogen) atoms. The molecule has 0 heterocycles. The molecule has 0 aliphatic heterocycles. The summed E-state index contributed by atoms with van der Waals surface area (Å²) in [5.74, 6) is 0.807. The van der Waals surface area contributed by atoms with Crippen LogP contribution in [-0.2, 0) is 4.79 Å². The van der Waals surface area contributed by atoms with Gasteiger partial charge in [-0.2, -0.15) is 0 Å². The van der Waals surface area contributed by atoms with Crippen LogP contribution in [0.4, 0.5) is 0 Å². The van der Waals surface area contributed by atoms with Crippen LogP contribution in [0.3, 0.4) is 0 Å². The number of hydrogen-bond donors (Lipinski definition) is 2. The first-order valence-electron chi connectivity index (χ1n) is 13.8. The van der Waals surface area contributed by atoms with E-state index in [1.807, 2.05) is 0 Å². The summed E-state index contributed by atoms with van der Waals surface area (Å²) in [6.45, 7) is 16.9. The monoisotopic (exact) mass is 492 g/mol. The lowest BCUT2D eigenvalue weighted by Crippen LogP contribution is -2.65. The minimum absolute atomic E-state index is 0. The summed E-state index contributed by atoms with van der Waals surface area (Å²) < 4.78 is 0. The number of hydrogen-bond acceptors (Lipinski definition) is 2. The quantitative estimate of drug-likeness (QED) is 0.464. The van der Waals surface area contributed by atoms with Crippen LogP contribution in [-0.4, -0.2) is 33.2 Å². The second-order valence-corrected chi connectivity index (χ2v) is 15.1. The van der Waals surface area contributed by atoms with Crippen LogP contribution in [0.15, 0.2) is 11.6 Å². The fourth-order valence-electron chi connectivity index (χ4n) is 10.6. The van der Waals surface area contributed by atoms with Crippen LogP contribution in [0.2, 0.25) is 0 Å². The van der Waals surface area contributed by atoms with E-state index in [4.69, 9.17) is 0 Å². The maximum Gasteiger partial charge on any atom is 0.310 e. The maximum atomic E-state index is 12.8. The third-order valence-electron chi connectivity index (χ3n) is 13.0. The molecule has 0 spiro atoms. The Bertz CT molecular complexity index is 891. The van der Waals surface area contributed by atoms with Gasteiger partial charge >= 0.3 is 5.97 Å². The zero-order valence-electron chi connectivity index (χ0n) is 23.3. The molecular weight excluding hydrogens is 440 g/mol. The van der Waals surface area contributed by atoms with Crippen molar-refractivity contribution in [1.82, 2.24) is 0 Å². The van der Waals surface area contributed by atoms with Gasteiger partial charge < -0.3 is 21.2 Å². The molecule has 0 radical (unpaired) electrons. The summed E-state index contributed by atoms with van der Waals surface area (Å²) in [6, 6.07) is 0. The van der Waals surface area contributed by atoms with Gasteiger partial charge in [0.2, 0.25) is 0 Å². The summed E-state index contributed by atoms with van der Waals surface area (Å²) >= 11 is 0. The largest absolute Gasteiger partial charge is 0.481 e. The lowest BCUT2D eigenvalue weighted by Gasteiger charge is -2.71. The Morgan fingerprint density at radius 1 is 0.857 bits per heavy atom. The lowest BCUT2D eigenvalue weighted by molar-refractivity contribution is -0.205. The molecule has 8 atom stereocenters. The molecular formula is C30H52O5. The van der Waals surface area contributed by atoms with Gasteiger partial charge in [0.1, 0.15) is 0 Å². The minimum Gasteiger partial charge on any atom is -0.481 e. The van der Waals surface area contributed by atoms with Crippen LogP contribution in [0.25, 0.3) is 0 Å². The van der Waals surface area contributed by atoms with Crippen molar-refractivity contribution in [2.45, 2.75) is 119 Å². The van der Waals surface area contributed by atoms with Crippen molar-refractivity contribution in [1.29, 1.82) is 0 Å². The molecule has 202 valence electrons. The Kier molecular flexibility index (Phi) is 6.79. The number of fused-ring (bicyclic) bond motifs is 7. The van der Waals surface area contributed by atoms with E-state index in [0.717, 1.165) is 51.4 Å². The Labute approximate surface area is 212 Å². The number of rotatable bonds is 1. The van der Waals surface area contributed by atoms with Gasteiger partial charge in [0.05, 0.1) is 11.5 Å². The normalized spacial score (nSPS) is 49.4. The first-order valence-corrected chi connectivity index (χ1v) is 13.8. The summed E-state index contributed by atoms with van der Waals surface area (Å²) in [5.41, 5.74) is 1.68. The molecule has 5 rings (SSSR count). The van der Waals surface area contributed by atoms with Gasteiger partial charge in [-0.05, 0) is 109 Å². The zero-order chi connectivity index (χ0) is 24.2. The molecule has 0 bridgehead atoms. The second-order valence-electron chi connectivity index (χ2n) is 15.1. The number of carboxylic acid groups (broad SMARTS) is 1. The Hall–Kier alpha value is -0.910. The fraction of sp³-hybridized carbons (Fsp3) is 0.900. The summed E-state index contributed by atoms with van der Waals surface area (Å²) in [4.78, 5) is 12.8. The van der Waals surface area contributed by atoms with Crippen molar-refractivity contribution in [3.8, 4) is 0 Å². The van der Waals surface area contributed by atoms with E-state index in [1.54, 1.807) is 0 Å². The highest BCUT2D eigenvalue weighted by atomic mass is 16.4. The van der Waals surface area contributed by atoms with Crippen LogP contribution >= 0.6 is 0 Å². The van der Waals surface area contributed by atoms with E-state index in [2.05, 4.69) is 54.5 Å². The Morgan fingerprint density at radius 3 is 2.11 bits per heavy atom. The van der Waals surface area contributed by atoms with Gasteiger partial charge in [-0.25, -0.2) is 0 Å². The third kappa shape index (κ3) is 3.46. The maximum absolute atomic E-state index is 12.8. The molecule has 0 aromatic carbocycles. The van der Waals surface area contributed by atoms with Crippen molar-refractivity contribution < 1.29 is 26.0 Å². The van der Waals surface area contributed by atoms with Crippen LogP contribution in [0.5, 0.6) is 0 Å². The second kappa shape index (κ2) is 8.30. The van der Waals surface area contributed by atoms with Crippen molar-refractivity contribution in [3.05, 3.63) is 11.6 Å². The molecule has 0 amide bonds. The lowest BCUT2D eigenvalue weighted by atomic mass is 9.33. The SMILES string of the molecule is CC1(C)CC[C@]2(C(=O)O)CC[C@]3(C)C(=CC[C@@H]4[C@@]5(C)CC[C@H](O)C(C)(C)[C@@H]5CC[C@]43C)[C@@H]2C1.O.O. The third-order valence-corrected chi connectivity index (χ3v) is 13.0. The van der Waals surface area contributed by atoms with Crippen molar-refractivity contribution in [2.24, 2.45) is 50.2 Å². The molecule has 0 unspecified atom stereocenters. The predicted molar refractivity (Wildman–Crippen MR) is 140 cm³/mol. The van der Waals surface area contributed by atoms with Gasteiger partial charge in [-0.15, -0.1) is 0 Å². The molecule has 4 saturated carbocycles. The van der Waals surface area contributed by atoms with E-state index in [1.165, 1.54) is 18.4 Å². The number of carboxylic acids is 1. The van der Waals surface area contributed by atoms with Crippen LogP contribution in [0.1, 0.15) is 113 Å². The topological polar surface area (TPSA) is 121 Å². The average Bonchev–Trinajstić information content (AvgIpc) is 2.71. The highest BCUT2D eigenvalue weighted by Crippen LogP contribution is 2.75. The number of aliphatic hydroxyl groups excluding tert-OH is 1. The zero-order valence-corrected chi connectivity index (χ0v) is 23.3. The number of allylic oxidation sites excluding steroid dienone is 2. The van der Waals surface area contributed by atoms with Crippen molar-refractivity contribution in [2.75, 3.05) is 0 Å². The summed E-state index contributed by atoms with van der Waals surface area (Å²) in [7, 11) is 0. The molecule has 5 aliphatic carbocycles. The molecule has 5 aliphatic rings. The van der Waals surface area contributed by atoms with Gasteiger partial charge in [-0.3, -0.25) is 4.79 Å². The molecule has 6 N–H and O–H groups in total. The number of carbonyl (C=O) groups is 1. The van der Waals surface area contributed by atoms with E-state index < -0.39 is 11.4 Å². The van der Waals surface area contributed by atoms with E-state index >= 15 is 0 Å². The first kappa shape index (κ1) is 28.7. The summed E-state index contributed by atoms with van der Waals surface area (Å²) in [5, 5.41) is 21.4. The van der Waals surface area contributed by atoms with Crippen molar-refractivity contribution >= 4 is 5.97 Å². The fourth-order valence-corrected chi connectivity index (χ4v) is 10.6. The Balaban J connectivity index is 0.00000171. The smallest absolute Gasteiger partial charge is 0.310 e. The van der Waals surface area contributed by atoms with Gasteiger partial charge in [0.25, 0.3) is 0 Å². The summed E-state index contributed by atoms with van der Waals surface area (Å²) in [6.07, 6.45) is 12.6. The number of aliphatic carboxylic acids is 1. The average molecular weight is 493 g/mol. The van der Waals surface area contributed by atoms with Gasteiger partial charge in [0.15, 0.2) is 0 Å². The highest BCUT2D eigenvalue weighted by molar-refractivity contribution is 5.76. The van der Waals surface area contributed by atoms with Gasteiger partial charge in [0, 0.05) is 0 Å². The van der Waals surface area contributed by atoms with Crippen LogP contribution in [0, 0.1) is 50.2 Å². The van der Waals surface area contributed by atoms with E-state index in [-0.39, 0.29) is 50.0 Å². The van der Waals surface area contributed by atoms with Crippen molar-refractivity contribution in [3.63, 3.8) is 0 Å². The minimum atomic E-state index is -0.553. The van der Waals surface area contributed by atoms with Gasteiger partial charge in [-0.1, -0.05) is 60.1 Å². The predicted octanol–water partition coefficient (Wildman–Crippen LogP) is 5.58. The Morgan fingerprint density at radius 2 is 1.49 bits per heavy atom. The molecule has 4 fully saturated rings. The molecule has 5 heteroatoms. The molecule has 5 nitrogen and oxygen atoms in total. The highest BCUT2D eigenvalue weighted by Gasteiger charge is 2.69. The molecule has 0 aromatic rings. The van der Waals surface area contributed by atoms with E-state index in [0.29, 0.717) is 11.8 Å².